The number of nitrogen functional groups attached to an aromatic ring is 2. The predicted octanol–water partition coefficient (Wildman–Crippen LogP) is 1.01. The number of nitrogens with zero attached hydrogens (tertiary/aromatic N) is 2. The lowest BCUT2D eigenvalue weighted by molar-refractivity contribution is 0.475. The molecule has 0 aliphatic carbocycles. The number of aromatic hydroxyl groups is 1. The van der Waals surface area contributed by atoms with Crippen LogP contribution in [-0.2, 0) is 0 Å². The molecule has 0 aliphatic rings. The van der Waals surface area contributed by atoms with E-state index in [-0.39, 0.29) is 11.7 Å². The average Bonchev–Trinajstić information content (AvgIpc) is 2.20. The van der Waals surface area contributed by atoms with Gasteiger partial charge in [0.1, 0.15) is 11.6 Å². The van der Waals surface area contributed by atoms with Crippen LogP contribution < -0.4 is 11.5 Å². The van der Waals surface area contributed by atoms with Crippen LogP contribution in [0.2, 0.25) is 0 Å². The zero-order valence-electron chi connectivity index (χ0n) is 7.88. The summed E-state index contributed by atoms with van der Waals surface area (Å²) in [5, 5.41) is 9.13. The highest BCUT2D eigenvalue weighted by molar-refractivity contribution is 5.73. The van der Waals surface area contributed by atoms with Crippen molar-refractivity contribution in [2.45, 2.75) is 0 Å². The second-order valence-corrected chi connectivity index (χ2v) is 3.07. The average molecular weight is 202 g/mol. The van der Waals surface area contributed by atoms with E-state index in [1.54, 1.807) is 30.5 Å². The zero-order chi connectivity index (χ0) is 10.8. The van der Waals surface area contributed by atoms with Crippen molar-refractivity contribution in [3.05, 3.63) is 30.5 Å². The highest BCUT2D eigenvalue weighted by Gasteiger charge is 2.04. The van der Waals surface area contributed by atoms with E-state index in [0.717, 1.165) is 5.56 Å². The summed E-state index contributed by atoms with van der Waals surface area (Å²) < 4.78 is 0. The van der Waals surface area contributed by atoms with Gasteiger partial charge in [0.05, 0.1) is 0 Å². The molecule has 0 atom stereocenters. The fourth-order valence-electron chi connectivity index (χ4n) is 1.27. The van der Waals surface area contributed by atoms with E-state index >= 15 is 0 Å². The van der Waals surface area contributed by atoms with Crippen LogP contribution in [0.5, 0.6) is 5.75 Å². The molecule has 0 unspecified atom stereocenters. The zero-order valence-corrected chi connectivity index (χ0v) is 7.88. The largest absolute Gasteiger partial charge is 0.508 e. The molecule has 0 bridgehead atoms. The molecule has 1 heterocycles. The van der Waals surface area contributed by atoms with Crippen LogP contribution in [0.1, 0.15) is 0 Å². The van der Waals surface area contributed by atoms with Crippen molar-refractivity contribution < 1.29 is 5.11 Å². The summed E-state index contributed by atoms with van der Waals surface area (Å²) in [6.45, 7) is 0. The Hall–Kier alpha value is -2.30. The fraction of sp³-hybridized carbons (Fsp3) is 0. The van der Waals surface area contributed by atoms with Crippen LogP contribution in [0, 0.1) is 0 Å². The van der Waals surface area contributed by atoms with Gasteiger partial charge < -0.3 is 16.6 Å². The van der Waals surface area contributed by atoms with Gasteiger partial charge in [0.25, 0.3) is 0 Å². The van der Waals surface area contributed by atoms with Crippen LogP contribution >= 0.6 is 0 Å². The summed E-state index contributed by atoms with van der Waals surface area (Å²) in [6.07, 6.45) is 1.56. The van der Waals surface area contributed by atoms with Crippen LogP contribution in [0.15, 0.2) is 30.5 Å². The van der Waals surface area contributed by atoms with Gasteiger partial charge in [-0.05, 0) is 17.7 Å². The molecular weight excluding hydrogens is 192 g/mol. The molecule has 1 aromatic heterocycles. The SMILES string of the molecule is Nc1ncc(-c2ccc(O)cc2)c(N)n1. The molecule has 0 radical (unpaired) electrons. The molecule has 5 heteroatoms. The Balaban J connectivity index is 2.49. The van der Waals surface area contributed by atoms with E-state index in [9.17, 15) is 0 Å². The maximum absolute atomic E-state index is 9.13. The maximum atomic E-state index is 9.13. The molecular formula is C10H10N4O. The molecule has 2 aromatic rings. The minimum atomic E-state index is 0.148. The third-order valence-electron chi connectivity index (χ3n) is 2.02. The van der Waals surface area contributed by atoms with E-state index in [2.05, 4.69) is 9.97 Å². The number of rotatable bonds is 1. The van der Waals surface area contributed by atoms with Gasteiger partial charge in [0, 0.05) is 11.8 Å². The molecule has 0 saturated carbocycles. The quantitative estimate of drug-likeness (QED) is 0.641. The number of phenolic OH excluding ortho intramolecular Hbond substituents is 1. The third-order valence-corrected chi connectivity index (χ3v) is 2.02. The first-order valence-corrected chi connectivity index (χ1v) is 4.34. The highest BCUT2D eigenvalue weighted by atomic mass is 16.3. The lowest BCUT2D eigenvalue weighted by Crippen LogP contribution is -2.00. The van der Waals surface area contributed by atoms with E-state index in [1.165, 1.54) is 0 Å². The third kappa shape index (κ3) is 1.80. The molecule has 5 nitrogen and oxygen atoms in total. The van der Waals surface area contributed by atoms with Crippen LogP contribution in [0.3, 0.4) is 0 Å². The number of nitrogens with two attached hydrogens (primary N) is 2. The van der Waals surface area contributed by atoms with Gasteiger partial charge >= 0.3 is 0 Å². The number of hydrogen-bond donors (Lipinski definition) is 3. The summed E-state index contributed by atoms with van der Waals surface area (Å²) >= 11 is 0. The van der Waals surface area contributed by atoms with Gasteiger partial charge in [-0.3, -0.25) is 0 Å². The molecule has 1 aromatic carbocycles. The van der Waals surface area contributed by atoms with Crippen LogP contribution in [0.25, 0.3) is 11.1 Å². The van der Waals surface area contributed by atoms with Gasteiger partial charge in [0.15, 0.2) is 0 Å². The van der Waals surface area contributed by atoms with E-state index in [0.29, 0.717) is 11.4 Å². The number of aromatic nitrogens is 2. The molecule has 15 heavy (non-hydrogen) atoms. The standard InChI is InChI=1S/C10H10N4O/c11-9-8(5-13-10(12)14-9)6-1-3-7(15)4-2-6/h1-5,15H,(H4,11,12,13,14). The Labute approximate surface area is 86.4 Å². The maximum Gasteiger partial charge on any atom is 0.221 e. The Morgan fingerprint density at radius 1 is 1.07 bits per heavy atom. The second-order valence-electron chi connectivity index (χ2n) is 3.07. The Bertz CT molecular complexity index is 481. The molecule has 5 N–H and O–H groups in total. The first-order valence-electron chi connectivity index (χ1n) is 4.34. The van der Waals surface area contributed by atoms with Crippen molar-refractivity contribution in [2.75, 3.05) is 11.5 Å². The number of anilines is 2. The topological polar surface area (TPSA) is 98.0 Å². The minimum Gasteiger partial charge on any atom is -0.508 e. The first-order chi connectivity index (χ1) is 7.16. The molecule has 0 amide bonds. The van der Waals surface area contributed by atoms with E-state index in [4.69, 9.17) is 16.6 Å². The Kier molecular flexibility index (Phi) is 2.13. The molecule has 0 spiro atoms. The smallest absolute Gasteiger partial charge is 0.221 e. The van der Waals surface area contributed by atoms with Crippen molar-refractivity contribution in [3.8, 4) is 16.9 Å². The van der Waals surface area contributed by atoms with Crippen molar-refractivity contribution in [2.24, 2.45) is 0 Å². The van der Waals surface area contributed by atoms with Gasteiger partial charge in [-0.2, -0.15) is 4.98 Å². The van der Waals surface area contributed by atoms with Gasteiger partial charge in [-0.25, -0.2) is 4.98 Å². The monoisotopic (exact) mass is 202 g/mol. The van der Waals surface area contributed by atoms with Gasteiger partial charge in [-0.1, -0.05) is 12.1 Å². The number of benzene rings is 1. The Morgan fingerprint density at radius 3 is 2.33 bits per heavy atom. The lowest BCUT2D eigenvalue weighted by atomic mass is 10.1. The van der Waals surface area contributed by atoms with Crippen molar-refractivity contribution in [1.82, 2.24) is 9.97 Å². The first kappa shape index (κ1) is 9.26. The minimum absolute atomic E-state index is 0.148. The van der Waals surface area contributed by atoms with Crippen molar-refractivity contribution in [3.63, 3.8) is 0 Å². The van der Waals surface area contributed by atoms with E-state index < -0.39 is 0 Å². The van der Waals surface area contributed by atoms with Gasteiger partial charge in [-0.15, -0.1) is 0 Å². The summed E-state index contributed by atoms with van der Waals surface area (Å²) in [5.41, 5.74) is 12.6. The normalized spacial score (nSPS) is 10.1. The van der Waals surface area contributed by atoms with Crippen LogP contribution in [0.4, 0.5) is 11.8 Å². The summed E-state index contributed by atoms with van der Waals surface area (Å²) in [6, 6.07) is 6.62. The van der Waals surface area contributed by atoms with Crippen LogP contribution in [-0.4, -0.2) is 15.1 Å². The van der Waals surface area contributed by atoms with Crippen molar-refractivity contribution >= 4 is 11.8 Å². The lowest BCUT2D eigenvalue weighted by Gasteiger charge is -2.04. The van der Waals surface area contributed by atoms with E-state index in [1.807, 2.05) is 0 Å². The number of hydrogen-bond acceptors (Lipinski definition) is 5. The molecule has 76 valence electrons. The summed E-state index contributed by atoms with van der Waals surface area (Å²) in [7, 11) is 0. The second kappa shape index (κ2) is 3.45. The Morgan fingerprint density at radius 2 is 1.73 bits per heavy atom. The van der Waals surface area contributed by atoms with Gasteiger partial charge in [0.2, 0.25) is 5.95 Å². The molecule has 0 fully saturated rings. The number of phenols is 1. The molecule has 0 saturated heterocycles. The highest BCUT2D eigenvalue weighted by Crippen LogP contribution is 2.25. The van der Waals surface area contributed by atoms with Crippen molar-refractivity contribution in [1.29, 1.82) is 0 Å². The fourth-order valence-corrected chi connectivity index (χ4v) is 1.27. The molecule has 0 aliphatic heterocycles. The predicted molar refractivity (Wildman–Crippen MR) is 58.0 cm³/mol. The molecule has 2 rings (SSSR count). The summed E-state index contributed by atoms with van der Waals surface area (Å²) in [4.78, 5) is 7.72. The summed E-state index contributed by atoms with van der Waals surface area (Å²) in [5.74, 6) is 0.678.